The first-order valence-electron chi connectivity index (χ1n) is 8.69. The molecule has 0 saturated carbocycles. The molecule has 140 valence electrons. The van der Waals surface area contributed by atoms with Crippen molar-refractivity contribution < 1.29 is 14.1 Å². The molecule has 0 bridgehead atoms. The van der Waals surface area contributed by atoms with E-state index in [1.54, 1.807) is 38.0 Å². The van der Waals surface area contributed by atoms with Gasteiger partial charge >= 0.3 is 0 Å². The molecule has 0 radical (unpaired) electrons. The minimum Gasteiger partial charge on any atom is -0.497 e. The molecule has 28 heavy (non-hydrogen) atoms. The Balaban J connectivity index is 1.53. The molecule has 7 nitrogen and oxygen atoms in total. The molecule has 4 aromatic rings. The number of amides is 1. The van der Waals surface area contributed by atoms with E-state index in [-0.39, 0.29) is 5.91 Å². The number of aromatic amines is 1. The molecule has 1 amide bonds. The van der Waals surface area contributed by atoms with Crippen LogP contribution in [0.15, 0.2) is 71.8 Å². The quantitative estimate of drug-likeness (QED) is 0.537. The first-order chi connectivity index (χ1) is 13.7. The molecule has 0 atom stereocenters. The molecular weight excluding hydrogens is 356 g/mol. The fourth-order valence-corrected chi connectivity index (χ4v) is 2.88. The van der Waals surface area contributed by atoms with Crippen LogP contribution >= 0.6 is 0 Å². The predicted octanol–water partition coefficient (Wildman–Crippen LogP) is 3.67. The molecular formula is C21H18N4O3. The van der Waals surface area contributed by atoms with Crippen molar-refractivity contribution in [3.8, 4) is 28.2 Å². The summed E-state index contributed by atoms with van der Waals surface area (Å²) in [5.41, 5.74) is 3.84. The molecule has 3 heterocycles. The van der Waals surface area contributed by atoms with E-state index in [0.717, 1.165) is 28.0 Å². The van der Waals surface area contributed by atoms with Crippen molar-refractivity contribution in [2.24, 2.45) is 0 Å². The summed E-state index contributed by atoms with van der Waals surface area (Å²) in [4.78, 5) is 19.4. The van der Waals surface area contributed by atoms with Crippen molar-refractivity contribution in [3.63, 3.8) is 0 Å². The molecule has 1 aromatic carbocycles. The average molecular weight is 374 g/mol. The lowest BCUT2D eigenvalue weighted by atomic mass is 10.0. The van der Waals surface area contributed by atoms with Gasteiger partial charge in [0, 0.05) is 36.3 Å². The van der Waals surface area contributed by atoms with Crippen LogP contribution in [0.5, 0.6) is 5.75 Å². The third-order valence-electron chi connectivity index (χ3n) is 4.32. The molecule has 0 unspecified atom stereocenters. The number of rotatable bonds is 6. The highest BCUT2D eigenvalue weighted by atomic mass is 16.5. The van der Waals surface area contributed by atoms with Gasteiger partial charge in [0.1, 0.15) is 11.4 Å². The zero-order chi connectivity index (χ0) is 19.3. The standard InChI is InChI=1S/C21H18N4O3/c1-27-17-6-2-5-15(8-17)18-13-25-28-20(18)16-9-19(23-12-16)21(26)24-11-14-4-3-7-22-10-14/h2-10,12-13,23H,11H2,1H3,(H,24,26). The maximum Gasteiger partial charge on any atom is 0.267 e. The molecule has 0 aliphatic rings. The summed E-state index contributed by atoms with van der Waals surface area (Å²) in [7, 11) is 1.62. The zero-order valence-electron chi connectivity index (χ0n) is 15.2. The maximum absolute atomic E-state index is 12.4. The second-order valence-electron chi connectivity index (χ2n) is 6.15. The lowest BCUT2D eigenvalue weighted by Gasteiger charge is -2.03. The van der Waals surface area contributed by atoms with Crippen LogP contribution in [-0.2, 0) is 6.54 Å². The first kappa shape index (κ1) is 17.5. The van der Waals surface area contributed by atoms with E-state index in [1.165, 1.54) is 0 Å². The van der Waals surface area contributed by atoms with E-state index < -0.39 is 0 Å². The lowest BCUT2D eigenvalue weighted by Crippen LogP contribution is -2.23. The van der Waals surface area contributed by atoms with Gasteiger partial charge in [-0.1, -0.05) is 23.4 Å². The SMILES string of the molecule is COc1cccc(-c2cnoc2-c2c[nH]c(C(=O)NCc3cccnc3)c2)c1. The Hall–Kier alpha value is -3.87. The van der Waals surface area contributed by atoms with Gasteiger partial charge in [0.05, 0.1) is 13.3 Å². The van der Waals surface area contributed by atoms with Crippen molar-refractivity contribution in [1.29, 1.82) is 0 Å². The highest BCUT2D eigenvalue weighted by molar-refractivity contribution is 5.94. The van der Waals surface area contributed by atoms with Crippen LogP contribution in [0.4, 0.5) is 0 Å². The molecule has 0 fully saturated rings. The summed E-state index contributed by atoms with van der Waals surface area (Å²) >= 11 is 0. The number of hydrogen-bond donors (Lipinski definition) is 2. The van der Waals surface area contributed by atoms with Gasteiger partial charge in [0.25, 0.3) is 5.91 Å². The number of nitrogens with one attached hydrogen (secondary N) is 2. The summed E-state index contributed by atoms with van der Waals surface area (Å²) in [6.45, 7) is 0.401. The Morgan fingerprint density at radius 1 is 1.18 bits per heavy atom. The highest BCUT2D eigenvalue weighted by Gasteiger charge is 2.17. The average Bonchev–Trinajstić information content (AvgIpc) is 3.42. The molecule has 4 rings (SSSR count). The van der Waals surface area contributed by atoms with Crippen molar-refractivity contribution in [3.05, 3.63) is 78.5 Å². The van der Waals surface area contributed by atoms with Crippen LogP contribution in [0.25, 0.3) is 22.5 Å². The van der Waals surface area contributed by atoms with Crippen LogP contribution in [0.1, 0.15) is 16.1 Å². The van der Waals surface area contributed by atoms with Crippen LogP contribution in [0, 0.1) is 0 Å². The van der Waals surface area contributed by atoms with Crippen LogP contribution in [-0.4, -0.2) is 28.1 Å². The van der Waals surface area contributed by atoms with Gasteiger partial charge in [0.2, 0.25) is 0 Å². The highest BCUT2D eigenvalue weighted by Crippen LogP contribution is 2.33. The number of pyridine rings is 1. The third-order valence-corrected chi connectivity index (χ3v) is 4.32. The van der Waals surface area contributed by atoms with Gasteiger partial charge in [-0.2, -0.15) is 0 Å². The molecule has 2 N–H and O–H groups in total. The third kappa shape index (κ3) is 3.64. The van der Waals surface area contributed by atoms with Gasteiger partial charge in [-0.25, -0.2) is 0 Å². The Bertz CT molecular complexity index is 1090. The van der Waals surface area contributed by atoms with Gasteiger partial charge in [0.15, 0.2) is 5.76 Å². The summed E-state index contributed by atoms with van der Waals surface area (Å²) in [6, 6.07) is 13.1. The number of carbonyl (C=O) groups excluding carboxylic acids is 1. The predicted molar refractivity (Wildman–Crippen MR) is 104 cm³/mol. The summed E-state index contributed by atoms with van der Waals surface area (Å²) in [6.07, 6.45) is 6.79. The van der Waals surface area contributed by atoms with E-state index in [1.807, 2.05) is 36.4 Å². The molecule has 7 heteroatoms. The number of nitrogens with zero attached hydrogens (tertiary/aromatic N) is 2. The fourth-order valence-electron chi connectivity index (χ4n) is 2.88. The minimum atomic E-state index is -0.211. The maximum atomic E-state index is 12.4. The summed E-state index contributed by atoms with van der Waals surface area (Å²) in [5.74, 6) is 1.11. The number of hydrogen-bond acceptors (Lipinski definition) is 5. The zero-order valence-corrected chi connectivity index (χ0v) is 15.2. The van der Waals surface area contributed by atoms with Crippen molar-refractivity contribution in [2.75, 3.05) is 7.11 Å². The van der Waals surface area contributed by atoms with E-state index in [2.05, 4.69) is 20.4 Å². The number of aromatic nitrogens is 3. The first-order valence-corrected chi connectivity index (χ1v) is 8.69. The topological polar surface area (TPSA) is 93.0 Å². The van der Waals surface area contributed by atoms with E-state index >= 15 is 0 Å². The van der Waals surface area contributed by atoms with Crippen molar-refractivity contribution >= 4 is 5.91 Å². The molecule has 0 spiro atoms. The minimum absolute atomic E-state index is 0.211. The van der Waals surface area contributed by atoms with Crippen LogP contribution < -0.4 is 10.1 Å². The van der Waals surface area contributed by atoms with Gasteiger partial charge in [-0.05, 0) is 35.4 Å². The van der Waals surface area contributed by atoms with E-state index in [9.17, 15) is 4.79 Å². The van der Waals surface area contributed by atoms with Crippen LogP contribution in [0.2, 0.25) is 0 Å². The van der Waals surface area contributed by atoms with E-state index in [4.69, 9.17) is 9.26 Å². The monoisotopic (exact) mass is 374 g/mol. The normalized spacial score (nSPS) is 10.6. The van der Waals surface area contributed by atoms with Crippen LogP contribution in [0.3, 0.4) is 0 Å². The largest absolute Gasteiger partial charge is 0.497 e. The molecule has 0 aliphatic carbocycles. The molecule has 0 saturated heterocycles. The Morgan fingerprint density at radius 2 is 2.11 bits per heavy atom. The number of ether oxygens (including phenoxy) is 1. The molecule has 0 aliphatic heterocycles. The number of carbonyl (C=O) groups is 1. The summed E-state index contributed by atoms with van der Waals surface area (Å²) < 4.78 is 10.7. The van der Waals surface area contributed by atoms with Gasteiger partial charge in [-0.3, -0.25) is 9.78 Å². The number of H-pyrrole nitrogens is 1. The number of methoxy groups -OCH3 is 1. The second kappa shape index (κ2) is 7.79. The second-order valence-corrected chi connectivity index (χ2v) is 6.15. The van der Waals surface area contributed by atoms with Crippen molar-refractivity contribution in [1.82, 2.24) is 20.4 Å². The fraction of sp³-hybridized carbons (Fsp3) is 0.0952. The Kier molecular flexibility index (Phi) is 4.88. The Morgan fingerprint density at radius 3 is 2.93 bits per heavy atom. The summed E-state index contributed by atoms with van der Waals surface area (Å²) in [5, 5.41) is 6.79. The van der Waals surface area contributed by atoms with Gasteiger partial charge < -0.3 is 19.6 Å². The van der Waals surface area contributed by atoms with E-state index in [0.29, 0.717) is 18.0 Å². The Labute approximate surface area is 161 Å². The molecule has 3 aromatic heterocycles. The van der Waals surface area contributed by atoms with Gasteiger partial charge in [-0.15, -0.1) is 0 Å². The lowest BCUT2D eigenvalue weighted by molar-refractivity contribution is 0.0946. The smallest absolute Gasteiger partial charge is 0.267 e. The van der Waals surface area contributed by atoms with Crippen molar-refractivity contribution in [2.45, 2.75) is 6.54 Å². The number of benzene rings is 1.